The Balaban J connectivity index is 1.71. The van der Waals surface area contributed by atoms with Gasteiger partial charge in [-0.05, 0) is 19.3 Å². The maximum Gasteiger partial charge on any atom is 0.418 e. The Morgan fingerprint density at radius 3 is 2.50 bits per heavy atom. The monoisotopic (exact) mass is 366 g/mol. The number of piperidine rings is 1. The van der Waals surface area contributed by atoms with Crippen molar-refractivity contribution >= 4 is 28.2 Å². The fraction of sp³-hybridized carbons (Fsp3) is 0.727. The van der Waals surface area contributed by atoms with Crippen LogP contribution >= 0.6 is 0 Å². The van der Waals surface area contributed by atoms with Crippen molar-refractivity contribution in [3.8, 4) is 0 Å². The van der Waals surface area contributed by atoms with Crippen molar-refractivity contribution in [2.45, 2.75) is 37.5 Å². The van der Waals surface area contributed by atoms with Crippen LogP contribution in [0.15, 0.2) is 0 Å². The fourth-order valence-corrected chi connectivity index (χ4v) is 3.34. The van der Waals surface area contributed by atoms with Crippen molar-refractivity contribution < 1.29 is 36.0 Å². The Morgan fingerprint density at radius 2 is 1.96 bits per heavy atom. The molecule has 1 saturated carbocycles. The van der Waals surface area contributed by atoms with Crippen LogP contribution in [0.1, 0.15) is 19.3 Å². The van der Waals surface area contributed by atoms with Gasteiger partial charge in [-0.25, -0.2) is 20.0 Å². The summed E-state index contributed by atoms with van der Waals surface area (Å²) >= 11 is 0. The first-order valence-electron chi connectivity index (χ1n) is 7.13. The number of amides is 4. The van der Waals surface area contributed by atoms with Crippen LogP contribution in [0.3, 0.4) is 0 Å². The molecule has 2 aliphatic heterocycles. The van der Waals surface area contributed by atoms with Crippen LogP contribution in [-0.4, -0.2) is 70.6 Å². The molecular formula is C11H15FN4O7S. The molecular weight excluding hydrogens is 351 g/mol. The van der Waals surface area contributed by atoms with Gasteiger partial charge in [-0.15, -0.1) is 4.28 Å². The zero-order valence-corrected chi connectivity index (χ0v) is 13.1. The lowest BCUT2D eigenvalue weighted by Gasteiger charge is -2.31. The minimum Gasteiger partial charge on any atom is -0.309 e. The molecule has 1 aliphatic carbocycles. The van der Waals surface area contributed by atoms with Gasteiger partial charge in [0.05, 0.1) is 12.0 Å². The van der Waals surface area contributed by atoms with Crippen molar-refractivity contribution in [2.24, 2.45) is 11.8 Å². The molecule has 13 heteroatoms. The quantitative estimate of drug-likeness (QED) is 0.202. The number of carbonyl (C=O) groups is 3. The molecule has 2 saturated heterocycles. The van der Waals surface area contributed by atoms with Gasteiger partial charge in [0.1, 0.15) is 12.2 Å². The molecule has 4 atom stereocenters. The molecule has 134 valence electrons. The molecule has 4 unspecified atom stereocenters. The van der Waals surface area contributed by atoms with Crippen molar-refractivity contribution in [3.05, 3.63) is 0 Å². The summed E-state index contributed by atoms with van der Waals surface area (Å²) < 4.78 is 47.4. The summed E-state index contributed by atoms with van der Waals surface area (Å²) in [6.45, 7) is -0.0258. The molecule has 3 rings (SSSR count). The average molecular weight is 366 g/mol. The third-order valence-corrected chi connectivity index (χ3v) is 4.64. The van der Waals surface area contributed by atoms with Gasteiger partial charge in [-0.3, -0.25) is 14.1 Å². The molecule has 0 aromatic carbocycles. The van der Waals surface area contributed by atoms with Crippen LogP contribution in [0, 0.1) is 5.92 Å². The van der Waals surface area contributed by atoms with E-state index >= 15 is 0 Å². The number of fused-ring (bicyclic) bond motifs is 2. The van der Waals surface area contributed by atoms with E-state index in [9.17, 15) is 27.2 Å². The van der Waals surface area contributed by atoms with Gasteiger partial charge < -0.3 is 4.90 Å². The van der Waals surface area contributed by atoms with Gasteiger partial charge in [0.15, 0.2) is 0 Å². The molecule has 0 radical (unpaired) electrons. The summed E-state index contributed by atoms with van der Waals surface area (Å²) in [6, 6.07) is -2.69. The van der Waals surface area contributed by atoms with Crippen LogP contribution in [-0.2, 0) is 24.3 Å². The maximum absolute atomic E-state index is 12.9. The summed E-state index contributed by atoms with van der Waals surface area (Å²) in [5.41, 5.74) is 0. The lowest BCUT2D eigenvalue weighted by Crippen LogP contribution is -2.55. The van der Waals surface area contributed by atoms with Crippen LogP contribution < -0.4 is 5.84 Å². The van der Waals surface area contributed by atoms with E-state index < -0.39 is 52.4 Å². The molecule has 3 fully saturated rings. The van der Waals surface area contributed by atoms with Crippen molar-refractivity contribution in [2.75, 3.05) is 6.54 Å². The summed E-state index contributed by atoms with van der Waals surface area (Å²) in [5, 5.41) is 0.790. The highest BCUT2D eigenvalue weighted by Crippen LogP contribution is 2.36. The minimum absolute atomic E-state index is 0.00514. The molecule has 3 N–H and O–H groups in total. The van der Waals surface area contributed by atoms with Gasteiger partial charge in [-0.1, -0.05) is 0 Å². The number of imide groups is 1. The van der Waals surface area contributed by atoms with Gasteiger partial charge in [0, 0.05) is 6.54 Å². The zero-order valence-electron chi connectivity index (χ0n) is 12.2. The second kappa shape index (κ2) is 5.61. The highest BCUT2D eigenvalue weighted by molar-refractivity contribution is 7.80. The van der Waals surface area contributed by atoms with E-state index in [0.717, 1.165) is 4.90 Å². The second-order valence-corrected chi connectivity index (χ2v) is 6.92. The maximum atomic E-state index is 12.9. The Labute approximate surface area is 136 Å². The second-order valence-electron chi connectivity index (χ2n) is 5.91. The van der Waals surface area contributed by atoms with Crippen molar-refractivity contribution in [3.63, 3.8) is 0 Å². The first kappa shape index (κ1) is 17.0. The molecule has 2 heterocycles. The van der Waals surface area contributed by atoms with E-state index in [2.05, 4.69) is 4.28 Å². The van der Waals surface area contributed by atoms with Gasteiger partial charge >= 0.3 is 16.4 Å². The number of nitrogens with zero attached hydrogens (tertiary/aromatic N) is 3. The zero-order chi connectivity index (χ0) is 17.8. The molecule has 0 aromatic rings. The number of hydrazine groups is 1. The Hall–Kier alpha value is -1.83. The number of hydroxylamine groups is 2. The lowest BCUT2D eigenvalue weighted by atomic mass is 10.00. The van der Waals surface area contributed by atoms with Gasteiger partial charge in [0.25, 0.3) is 5.91 Å². The van der Waals surface area contributed by atoms with Gasteiger partial charge in [-0.2, -0.15) is 13.5 Å². The standard InChI is InChI=1S/C11H15FN4O7S/c12-7-3-6(7)9(17)15(13)10(18)8-2-1-5-4-14(8)11(19)16(5)23-24(20,21)22/h5-8H,1-4,13H2,(H,20,21,22). The van der Waals surface area contributed by atoms with Crippen LogP contribution in [0.4, 0.5) is 9.18 Å². The Bertz CT molecular complexity index is 700. The molecule has 24 heavy (non-hydrogen) atoms. The number of hydrogen-bond acceptors (Lipinski definition) is 7. The van der Waals surface area contributed by atoms with Gasteiger partial charge in [0.2, 0.25) is 5.91 Å². The number of hydrogen-bond donors (Lipinski definition) is 2. The smallest absolute Gasteiger partial charge is 0.309 e. The van der Waals surface area contributed by atoms with Crippen molar-refractivity contribution in [1.29, 1.82) is 0 Å². The first-order valence-corrected chi connectivity index (χ1v) is 8.50. The predicted octanol–water partition coefficient (Wildman–Crippen LogP) is -1.42. The molecule has 3 aliphatic rings. The molecule has 0 aromatic heterocycles. The first-order chi connectivity index (χ1) is 11.1. The topological polar surface area (TPSA) is 151 Å². The van der Waals surface area contributed by atoms with E-state index in [1.807, 2.05) is 0 Å². The molecule has 4 amide bonds. The normalized spacial score (nSPS) is 32.0. The highest BCUT2D eigenvalue weighted by atomic mass is 32.3. The third-order valence-electron chi connectivity index (χ3n) is 4.29. The summed E-state index contributed by atoms with van der Waals surface area (Å²) in [5.74, 6) is 2.79. The van der Waals surface area contributed by atoms with Crippen LogP contribution in [0.5, 0.6) is 0 Å². The number of alkyl halides is 1. The summed E-state index contributed by atoms with van der Waals surface area (Å²) in [7, 11) is -4.89. The Morgan fingerprint density at radius 1 is 1.33 bits per heavy atom. The van der Waals surface area contributed by atoms with E-state index in [0.29, 0.717) is 10.1 Å². The summed E-state index contributed by atoms with van der Waals surface area (Å²) in [4.78, 5) is 37.3. The largest absolute Gasteiger partial charge is 0.418 e. The lowest BCUT2D eigenvalue weighted by molar-refractivity contribution is -0.149. The van der Waals surface area contributed by atoms with Crippen LogP contribution in [0.2, 0.25) is 0 Å². The number of carbonyl (C=O) groups excluding carboxylic acids is 3. The van der Waals surface area contributed by atoms with Crippen molar-refractivity contribution in [1.82, 2.24) is 15.0 Å². The van der Waals surface area contributed by atoms with Crippen LogP contribution in [0.25, 0.3) is 0 Å². The number of urea groups is 1. The fourth-order valence-electron chi connectivity index (χ4n) is 2.96. The molecule has 2 bridgehead atoms. The van der Waals surface area contributed by atoms with E-state index in [1.165, 1.54) is 0 Å². The van der Waals surface area contributed by atoms with E-state index in [-0.39, 0.29) is 25.8 Å². The number of halogens is 1. The predicted molar refractivity (Wildman–Crippen MR) is 72.4 cm³/mol. The SMILES string of the molecule is NN(C(=O)C1CC1F)C(=O)C1CCC2CN1C(=O)N2OS(=O)(=O)O. The number of nitrogens with two attached hydrogens (primary N) is 1. The number of rotatable bonds is 4. The van der Waals surface area contributed by atoms with E-state index in [1.54, 1.807) is 0 Å². The molecule has 11 nitrogen and oxygen atoms in total. The third kappa shape index (κ3) is 2.94. The summed E-state index contributed by atoms with van der Waals surface area (Å²) in [6.07, 6.45) is -0.999. The van der Waals surface area contributed by atoms with E-state index in [4.69, 9.17) is 10.4 Å². The average Bonchev–Trinajstić information content (AvgIpc) is 3.20. The Kier molecular flexibility index (Phi) is 3.98. The highest BCUT2D eigenvalue weighted by Gasteiger charge is 2.52. The minimum atomic E-state index is -4.89. The molecule has 0 spiro atoms.